The van der Waals surface area contributed by atoms with Gasteiger partial charge in [0, 0.05) is 12.3 Å². The summed E-state index contributed by atoms with van der Waals surface area (Å²) >= 11 is 6.41. The van der Waals surface area contributed by atoms with E-state index in [-0.39, 0.29) is 5.56 Å². The summed E-state index contributed by atoms with van der Waals surface area (Å²) in [5, 5.41) is 0.421. The second-order valence-electron chi connectivity index (χ2n) is 5.77. The van der Waals surface area contributed by atoms with Crippen molar-refractivity contribution >= 4 is 28.4 Å². The number of pyridine rings is 1. The van der Waals surface area contributed by atoms with Crippen LogP contribution in [0.4, 0.5) is 0 Å². The summed E-state index contributed by atoms with van der Waals surface area (Å²) in [4.78, 5) is 16.8. The lowest BCUT2D eigenvalue weighted by atomic mass is 10.2. The zero-order valence-corrected chi connectivity index (χ0v) is 15.0. The van der Waals surface area contributed by atoms with Gasteiger partial charge in [-0.3, -0.25) is 9.20 Å². The molecule has 128 valence electrons. The van der Waals surface area contributed by atoms with Crippen LogP contribution < -0.4 is 10.3 Å². The average Bonchev–Trinajstić information content (AvgIpc) is 2.62. The molecule has 3 rings (SSSR count). The highest BCUT2D eigenvalue weighted by Gasteiger charge is 2.07. The first-order chi connectivity index (χ1) is 12.1. The molecule has 2 aromatic heterocycles. The molecule has 0 aliphatic heterocycles. The quantitative estimate of drug-likeness (QED) is 0.676. The van der Waals surface area contributed by atoms with Gasteiger partial charge >= 0.3 is 0 Å². The molecule has 0 spiro atoms. The molecule has 5 heteroatoms. The van der Waals surface area contributed by atoms with Gasteiger partial charge < -0.3 is 4.74 Å². The highest BCUT2D eigenvalue weighted by atomic mass is 35.5. The summed E-state index contributed by atoms with van der Waals surface area (Å²) in [6.45, 7) is 4.68. The van der Waals surface area contributed by atoms with Crippen molar-refractivity contribution in [1.82, 2.24) is 9.38 Å². The number of nitrogens with zero attached hydrogens (tertiary/aromatic N) is 2. The zero-order chi connectivity index (χ0) is 17.8. The molecule has 0 N–H and O–H groups in total. The molecule has 0 saturated carbocycles. The summed E-state index contributed by atoms with van der Waals surface area (Å²) in [6, 6.07) is 12.8. The van der Waals surface area contributed by atoms with Gasteiger partial charge in [0.1, 0.15) is 11.4 Å². The number of aryl methyl sites for hydroxylation is 1. The Labute approximate surface area is 151 Å². The lowest BCUT2D eigenvalue weighted by Gasteiger charge is -2.06. The molecule has 0 aliphatic rings. The third-order valence-electron chi connectivity index (χ3n) is 3.78. The van der Waals surface area contributed by atoms with E-state index in [4.69, 9.17) is 16.3 Å². The molecule has 2 heterocycles. The highest BCUT2D eigenvalue weighted by molar-refractivity contribution is 6.51. The Morgan fingerprint density at radius 1 is 1.28 bits per heavy atom. The predicted molar refractivity (Wildman–Crippen MR) is 102 cm³/mol. The maximum Gasteiger partial charge on any atom is 0.258 e. The minimum Gasteiger partial charge on any atom is -0.494 e. The third kappa shape index (κ3) is 3.91. The maximum atomic E-state index is 12.3. The van der Waals surface area contributed by atoms with Gasteiger partial charge in [0.25, 0.3) is 5.56 Å². The van der Waals surface area contributed by atoms with Gasteiger partial charge in [-0.2, -0.15) is 0 Å². The van der Waals surface area contributed by atoms with Crippen LogP contribution in [0, 0.1) is 6.92 Å². The van der Waals surface area contributed by atoms with Crippen LogP contribution in [0.3, 0.4) is 0 Å². The minimum absolute atomic E-state index is 0.154. The van der Waals surface area contributed by atoms with E-state index in [1.54, 1.807) is 12.3 Å². The zero-order valence-electron chi connectivity index (χ0n) is 14.2. The van der Waals surface area contributed by atoms with Gasteiger partial charge in [-0.25, -0.2) is 4.98 Å². The van der Waals surface area contributed by atoms with E-state index >= 15 is 0 Å². The Kier molecular flexibility index (Phi) is 5.19. The fourth-order valence-corrected chi connectivity index (χ4v) is 2.71. The third-order valence-corrected chi connectivity index (χ3v) is 4.08. The predicted octanol–water partition coefficient (Wildman–Crippen LogP) is 4.53. The minimum atomic E-state index is -0.154. The van der Waals surface area contributed by atoms with Crippen LogP contribution in [-0.2, 0) is 0 Å². The smallest absolute Gasteiger partial charge is 0.258 e. The molecule has 3 aromatic rings. The van der Waals surface area contributed by atoms with Crippen molar-refractivity contribution in [3.8, 4) is 5.75 Å². The largest absolute Gasteiger partial charge is 0.494 e. The average molecular weight is 355 g/mol. The van der Waals surface area contributed by atoms with Crippen LogP contribution in [0.15, 0.2) is 53.5 Å². The number of benzene rings is 1. The van der Waals surface area contributed by atoms with Gasteiger partial charge in [0.2, 0.25) is 0 Å². The standard InChI is InChI=1S/C20H19ClN2O2/c1-3-11-25-16-8-6-15(7-9-16)12-17(21)18-13-19(24)23-10-4-5-14(2)20(23)22-18/h4-10,12-13H,3,11H2,1-2H3/b17-12-. The van der Waals surface area contributed by atoms with E-state index in [0.29, 0.717) is 23.0 Å². The Balaban J connectivity index is 1.93. The van der Waals surface area contributed by atoms with Crippen LogP contribution in [0.1, 0.15) is 30.2 Å². The van der Waals surface area contributed by atoms with Crippen molar-refractivity contribution in [3.63, 3.8) is 0 Å². The highest BCUT2D eigenvalue weighted by Crippen LogP contribution is 2.22. The number of halogens is 1. The van der Waals surface area contributed by atoms with Gasteiger partial charge in [-0.05, 0) is 48.7 Å². The van der Waals surface area contributed by atoms with Gasteiger partial charge in [0.15, 0.2) is 0 Å². The first kappa shape index (κ1) is 17.2. The molecule has 1 aromatic carbocycles. The molecule has 0 aliphatic carbocycles. The summed E-state index contributed by atoms with van der Waals surface area (Å²) in [6.07, 6.45) is 4.46. The molecule has 0 radical (unpaired) electrons. The fraction of sp³-hybridized carbons (Fsp3) is 0.200. The Morgan fingerprint density at radius 2 is 2.04 bits per heavy atom. The number of aromatic nitrogens is 2. The molecule has 0 saturated heterocycles. The molecule has 4 nitrogen and oxygen atoms in total. The maximum absolute atomic E-state index is 12.3. The molecule has 0 fully saturated rings. The van der Waals surface area contributed by atoms with E-state index in [1.807, 2.05) is 43.3 Å². The van der Waals surface area contributed by atoms with Crippen molar-refractivity contribution in [2.75, 3.05) is 6.61 Å². The summed E-state index contributed by atoms with van der Waals surface area (Å²) in [5.41, 5.74) is 2.76. The fourth-order valence-electron chi connectivity index (χ4n) is 2.48. The molecular weight excluding hydrogens is 336 g/mol. The van der Waals surface area contributed by atoms with Gasteiger partial charge in [0.05, 0.1) is 17.3 Å². The summed E-state index contributed by atoms with van der Waals surface area (Å²) in [7, 11) is 0. The van der Waals surface area contributed by atoms with E-state index in [9.17, 15) is 4.79 Å². The first-order valence-corrected chi connectivity index (χ1v) is 8.56. The van der Waals surface area contributed by atoms with Gasteiger partial charge in [-0.15, -0.1) is 0 Å². The van der Waals surface area contributed by atoms with Gasteiger partial charge in [-0.1, -0.05) is 36.7 Å². The monoisotopic (exact) mass is 354 g/mol. The first-order valence-electron chi connectivity index (χ1n) is 8.18. The second kappa shape index (κ2) is 7.53. The Bertz CT molecular complexity index is 975. The summed E-state index contributed by atoms with van der Waals surface area (Å²) < 4.78 is 7.08. The van der Waals surface area contributed by atoms with Crippen molar-refractivity contribution < 1.29 is 4.74 Å². The van der Waals surface area contributed by atoms with E-state index < -0.39 is 0 Å². The van der Waals surface area contributed by atoms with Crippen molar-refractivity contribution in [2.24, 2.45) is 0 Å². The molecule has 0 amide bonds. The van der Waals surface area contributed by atoms with Crippen LogP contribution in [-0.4, -0.2) is 16.0 Å². The normalized spacial score (nSPS) is 11.7. The number of hydrogen-bond donors (Lipinski definition) is 0. The van der Waals surface area contributed by atoms with Crippen LogP contribution in [0.5, 0.6) is 5.75 Å². The van der Waals surface area contributed by atoms with Crippen LogP contribution in [0.2, 0.25) is 0 Å². The van der Waals surface area contributed by atoms with Crippen molar-refractivity contribution in [1.29, 1.82) is 0 Å². The lowest BCUT2D eigenvalue weighted by Crippen LogP contribution is -2.15. The van der Waals surface area contributed by atoms with Crippen molar-refractivity contribution in [2.45, 2.75) is 20.3 Å². The van der Waals surface area contributed by atoms with Crippen LogP contribution in [0.25, 0.3) is 16.8 Å². The Hall–Kier alpha value is -2.59. The Morgan fingerprint density at radius 3 is 2.76 bits per heavy atom. The lowest BCUT2D eigenvalue weighted by molar-refractivity contribution is 0.317. The number of fused-ring (bicyclic) bond motifs is 1. The molecular formula is C20H19ClN2O2. The molecule has 0 bridgehead atoms. The number of hydrogen-bond acceptors (Lipinski definition) is 3. The topological polar surface area (TPSA) is 43.6 Å². The second-order valence-corrected chi connectivity index (χ2v) is 6.18. The number of ether oxygens (including phenoxy) is 1. The molecule has 0 unspecified atom stereocenters. The van der Waals surface area contributed by atoms with Crippen molar-refractivity contribution in [3.05, 3.63) is 75.8 Å². The number of rotatable bonds is 5. The van der Waals surface area contributed by atoms with E-state index in [2.05, 4.69) is 11.9 Å². The molecule has 0 atom stereocenters. The van der Waals surface area contributed by atoms with E-state index in [1.165, 1.54) is 10.5 Å². The van der Waals surface area contributed by atoms with E-state index in [0.717, 1.165) is 23.3 Å². The SMILES string of the molecule is CCCOc1ccc(/C=C(\Cl)c2cc(=O)n3cccc(C)c3n2)cc1. The summed E-state index contributed by atoms with van der Waals surface area (Å²) in [5.74, 6) is 0.827. The molecule has 25 heavy (non-hydrogen) atoms. The van der Waals surface area contributed by atoms with Crippen LogP contribution >= 0.6 is 11.6 Å².